The number of carbonyl (C=O) groups is 7. The van der Waals surface area contributed by atoms with E-state index in [4.69, 9.17) is 19.2 Å². The van der Waals surface area contributed by atoms with E-state index < -0.39 is 72.0 Å². The van der Waals surface area contributed by atoms with Gasteiger partial charge < -0.3 is 40.6 Å². The van der Waals surface area contributed by atoms with Crippen molar-refractivity contribution in [3.8, 4) is 0 Å². The van der Waals surface area contributed by atoms with Crippen molar-refractivity contribution in [2.45, 2.75) is 157 Å². The summed E-state index contributed by atoms with van der Waals surface area (Å²) in [6.07, 6.45) is 0.821. The van der Waals surface area contributed by atoms with Crippen molar-refractivity contribution < 1.29 is 52.9 Å². The number of hydrogen-bond donors (Lipinski definition) is 5. The quantitative estimate of drug-likeness (QED) is 0.0327. The Morgan fingerprint density at radius 1 is 0.506 bits per heavy atom. The van der Waals surface area contributed by atoms with Crippen molar-refractivity contribution >= 4 is 47.2 Å². The number of Topliss-reactive ketones (excluding diaryl/α,β-unsaturated/α-hetero) is 1. The number of amides is 4. The maximum atomic E-state index is 13.3. The molecule has 0 spiro atoms. The highest BCUT2D eigenvalue weighted by molar-refractivity contribution is 5.92. The van der Waals surface area contributed by atoms with Crippen LogP contribution >= 0.6 is 0 Å². The molecular formula is C65H89N5O11. The van der Waals surface area contributed by atoms with Gasteiger partial charge in [0.05, 0.1) is 39.2 Å². The number of rotatable bonds is 29. The Hall–Kier alpha value is -7.20. The van der Waals surface area contributed by atoms with Gasteiger partial charge >= 0.3 is 11.9 Å². The van der Waals surface area contributed by atoms with E-state index in [1.807, 2.05) is 144 Å². The first-order valence-corrected chi connectivity index (χ1v) is 28.5. The van der Waals surface area contributed by atoms with Gasteiger partial charge in [-0.2, -0.15) is 0 Å². The third kappa shape index (κ3) is 22.0. The normalized spacial score (nSPS) is 16.9. The number of carbonyl (C=O) groups excluding carboxylic acids is 7. The van der Waals surface area contributed by atoms with Gasteiger partial charge in [0.1, 0.15) is 36.1 Å². The van der Waals surface area contributed by atoms with E-state index in [9.17, 15) is 38.7 Å². The SMILES string of the molecule is COC(=O)C(NC(=O)[C@@H](NC(=O)C[C@H](O)[C@@H](CC(=O)[C@@H](C)Cc1ccccc1)Cc1ccccc1)C(C)C)C(C)C.COC(=O)C(NC(=O)[C@@H](NC(=O)C[C@H]1OC([C@@H](C)Cc2ccccc2)=N[C@H]1Cc1ccccc1)C(C)C)C(C)C. The first-order chi connectivity index (χ1) is 38.5. The first kappa shape index (κ1) is 66.3. The van der Waals surface area contributed by atoms with Crippen LogP contribution in [0.25, 0.3) is 0 Å². The smallest absolute Gasteiger partial charge is 0.328 e. The van der Waals surface area contributed by atoms with Crippen LogP contribution in [-0.2, 0) is 73.5 Å². The minimum atomic E-state index is -1.10. The lowest BCUT2D eigenvalue weighted by atomic mass is 9.84. The average Bonchev–Trinajstić information content (AvgIpc) is 3.88. The Labute approximate surface area is 480 Å². The Kier molecular flexibility index (Phi) is 27.4. The third-order valence-corrected chi connectivity index (χ3v) is 14.5. The molecule has 81 heavy (non-hydrogen) atoms. The zero-order valence-corrected chi connectivity index (χ0v) is 49.6. The van der Waals surface area contributed by atoms with E-state index in [-0.39, 0.29) is 72.5 Å². The van der Waals surface area contributed by atoms with Gasteiger partial charge in [0.15, 0.2) is 5.90 Å². The molecule has 440 valence electrons. The second-order valence-corrected chi connectivity index (χ2v) is 22.7. The minimum Gasteiger partial charge on any atom is -0.475 e. The number of benzene rings is 4. The molecule has 0 aliphatic carbocycles. The van der Waals surface area contributed by atoms with Crippen LogP contribution < -0.4 is 21.3 Å². The summed E-state index contributed by atoms with van der Waals surface area (Å²) >= 11 is 0. The number of methoxy groups -OCH3 is 2. The molecule has 0 bridgehead atoms. The number of ketones is 1. The summed E-state index contributed by atoms with van der Waals surface area (Å²) in [6, 6.07) is 36.0. The van der Waals surface area contributed by atoms with E-state index >= 15 is 0 Å². The number of aliphatic imine (C=N–C) groups is 1. The number of ether oxygens (including phenoxy) is 3. The topological polar surface area (TPSA) is 228 Å². The molecule has 5 rings (SSSR count). The van der Waals surface area contributed by atoms with Crippen LogP contribution in [0.5, 0.6) is 0 Å². The third-order valence-electron chi connectivity index (χ3n) is 14.5. The number of nitrogens with zero attached hydrogens (tertiary/aromatic N) is 1. The van der Waals surface area contributed by atoms with Crippen molar-refractivity contribution in [3.05, 3.63) is 144 Å². The molecule has 2 unspecified atom stereocenters. The van der Waals surface area contributed by atoms with E-state index in [1.54, 1.807) is 27.7 Å². The lowest BCUT2D eigenvalue weighted by molar-refractivity contribution is -0.147. The van der Waals surface area contributed by atoms with Crippen molar-refractivity contribution in [2.75, 3.05) is 14.2 Å². The Morgan fingerprint density at radius 2 is 0.901 bits per heavy atom. The van der Waals surface area contributed by atoms with Gasteiger partial charge in [-0.15, -0.1) is 0 Å². The van der Waals surface area contributed by atoms with Crippen molar-refractivity contribution in [2.24, 2.45) is 46.4 Å². The molecule has 1 aliphatic rings. The highest BCUT2D eigenvalue weighted by Gasteiger charge is 2.38. The van der Waals surface area contributed by atoms with Crippen LogP contribution in [-0.4, -0.2) is 109 Å². The minimum absolute atomic E-state index is 0.0243. The molecule has 1 heterocycles. The fourth-order valence-electron chi connectivity index (χ4n) is 9.63. The average molecular weight is 1120 g/mol. The Morgan fingerprint density at radius 3 is 1.32 bits per heavy atom. The monoisotopic (exact) mass is 1120 g/mol. The van der Waals surface area contributed by atoms with Crippen LogP contribution in [0.1, 0.15) is 111 Å². The summed E-state index contributed by atoms with van der Waals surface area (Å²) in [5, 5.41) is 22.2. The summed E-state index contributed by atoms with van der Waals surface area (Å²) < 4.78 is 16.0. The number of nitrogens with one attached hydrogen (secondary N) is 4. The maximum absolute atomic E-state index is 13.3. The van der Waals surface area contributed by atoms with Gasteiger partial charge in [-0.05, 0) is 77.5 Å². The van der Waals surface area contributed by atoms with E-state index in [0.29, 0.717) is 25.2 Å². The number of aliphatic hydroxyl groups excluding tert-OH is 1. The maximum Gasteiger partial charge on any atom is 0.328 e. The van der Waals surface area contributed by atoms with Gasteiger partial charge in [-0.3, -0.25) is 24.0 Å². The molecule has 16 heteroatoms. The predicted molar refractivity (Wildman–Crippen MR) is 314 cm³/mol. The van der Waals surface area contributed by atoms with Gasteiger partial charge in [0, 0.05) is 18.3 Å². The molecule has 0 saturated heterocycles. The second-order valence-electron chi connectivity index (χ2n) is 22.7. The summed E-state index contributed by atoms with van der Waals surface area (Å²) in [6.45, 7) is 18.5. The summed E-state index contributed by atoms with van der Waals surface area (Å²) in [7, 11) is 2.54. The molecule has 16 nitrogen and oxygen atoms in total. The van der Waals surface area contributed by atoms with Gasteiger partial charge in [0.25, 0.3) is 0 Å². The number of hydrogen-bond acceptors (Lipinski definition) is 12. The summed E-state index contributed by atoms with van der Waals surface area (Å²) in [5.74, 6) is -3.66. The van der Waals surface area contributed by atoms with Crippen LogP contribution in [0.4, 0.5) is 0 Å². The Balaban J connectivity index is 0.000000348. The molecule has 1 aliphatic heterocycles. The van der Waals surface area contributed by atoms with E-state index in [2.05, 4.69) is 40.3 Å². The molecule has 4 amide bonds. The van der Waals surface area contributed by atoms with E-state index in [1.165, 1.54) is 19.8 Å². The van der Waals surface area contributed by atoms with Crippen molar-refractivity contribution in [3.63, 3.8) is 0 Å². The summed E-state index contributed by atoms with van der Waals surface area (Å²) in [4.78, 5) is 95.0. The number of esters is 2. The van der Waals surface area contributed by atoms with E-state index in [0.717, 1.165) is 23.1 Å². The van der Waals surface area contributed by atoms with Gasteiger partial charge in [-0.1, -0.05) is 191 Å². The zero-order valence-electron chi connectivity index (χ0n) is 49.6. The van der Waals surface area contributed by atoms with Gasteiger partial charge in [-0.25, -0.2) is 14.6 Å². The largest absolute Gasteiger partial charge is 0.475 e. The molecule has 10 atom stereocenters. The fraction of sp³-hybridized carbons (Fsp3) is 0.508. The van der Waals surface area contributed by atoms with Gasteiger partial charge in [0.2, 0.25) is 23.6 Å². The molecule has 4 aromatic carbocycles. The Bertz CT molecular complexity index is 2630. The predicted octanol–water partition coefficient (Wildman–Crippen LogP) is 8.01. The lowest BCUT2D eigenvalue weighted by Gasteiger charge is -2.27. The highest BCUT2D eigenvalue weighted by Crippen LogP contribution is 2.27. The molecular weight excluding hydrogens is 1030 g/mol. The molecule has 4 aromatic rings. The van der Waals surface area contributed by atoms with Crippen molar-refractivity contribution in [1.29, 1.82) is 0 Å². The molecule has 5 N–H and O–H groups in total. The molecule has 0 radical (unpaired) electrons. The van der Waals surface area contributed by atoms with Crippen molar-refractivity contribution in [1.82, 2.24) is 21.3 Å². The lowest BCUT2D eigenvalue weighted by Crippen LogP contribution is -2.55. The van der Waals surface area contributed by atoms with Crippen LogP contribution in [0, 0.1) is 41.4 Å². The second kappa shape index (κ2) is 33.5. The van der Waals surface area contributed by atoms with Crippen LogP contribution in [0.2, 0.25) is 0 Å². The van der Waals surface area contributed by atoms with Crippen LogP contribution in [0.3, 0.4) is 0 Å². The summed E-state index contributed by atoms with van der Waals surface area (Å²) in [5.41, 5.74) is 4.34. The number of aliphatic hydroxyl groups is 1. The van der Waals surface area contributed by atoms with Crippen LogP contribution in [0.15, 0.2) is 126 Å². The molecule has 0 aromatic heterocycles. The molecule has 0 saturated carbocycles. The zero-order chi connectivity index (χ0) is 59.8. The highest BCUT2D eigenvalue weighted by atomic mass is 16.5. The fourth-order valence-corrected chi connectivity index (χ4v) is 9.63. The first-order valence-electron chi connectivity index (χ1n) is 28.5. The molecule has 0 fully saturated rings. The standard InChI is InChI=1S/C33H46N2O6.C32H43N3O5/c1-21(2)30(32(39)35-31(22(3)4)33(40)41-6)34-29(38)20-28(37)26(18-25-15-11-8-12-16-25)19-27(36)23(5)17-24-13-9-7-10-14-24;1-20(2)28(30(37)35-29(21(3)4)32(38)39-6)34-27(36)19-26-25(18-24-15-11-8-12-16-24)33-31(40-26)22(5)17-23-13-9-7-10-14-23/h7-16,21-23,26,28,30-31,37H,17-20H2,1-6H3,(H,34,38)(H,35,39);7-16,20-22,25-26,28-29H,17-19H2,1-6H3,(H,34,36)(H,35,37)/t23-,26+,28-,30-,31?;22-,25-,26+,28-,29?/m00/s1.